The lowest BCUT2D eigenvalue weighted by Gasteiger charge is -2.10. The lowest BCUT2D eigenvalue weighted by molar-refractivity contribution is -0.150. The van der Waals surface area contributed by atoms with Gasteiger partial charge in [-0.3, -0.25) is 0 Å². The number of carbonyl (C=O) groups excluding carboxylic acids is 1. The number of hydrogen-bond acceptors (Lipinski definition) is 3. The molecule has 0 N–H and O–H groups in total. The third-order valence-corrected chi connectivity index (χ3v) is 2.25. The Bertz CT molecular complexity index is 205. The number of carbonyl (C=O) groups is 1. The molecule has 80 valence electrons. The third kappa shape index (κ3) is 3.50. The van der Waals surface area contributed by atoms with Gasteiger partial charge in [0.2, 0.25) is 0 Å². The number of rotatable bonds is 5. The zero-order valence-electron chi connectivity index (χ0n) is 8.75. The Labute approximate surface area is 85.1 Å². The van der Waals surface area contributed by atoms with Crippen LogP contribution in [0.4, 0.5) is 0 Å². The molecule has 0 saturated carbocycles. The van der Waals surface area contributed by atoms with E-state index < -0.39 is 0 Å². The first-order chi connectivity index (χ1) is 6.74. The van der Waals surface area contributed by atoms with Gasteiger partial charge in [0, 0.05) is 13.0 Å². The van der Waals surface area contributed by atoms with Crippen molar-refractivity contribution in [1.29, 1.82) is 0 Å². The van der Waals surface area contributed by atoms with Crippen molar-refractivity contribution < 1.29 is 14.3 Å². The van der Waals surface area contributed by atoms with E-state index >= 15 is 0 Å². The predicted octanol–water partition coefficient (Wildman–Crippen LogP) is 2.41. The summed E-state index contributed by atoms with van der Waals surface area (Å²) in [5, 5.41) is 0. The van der Waals surface area contributed by atoms with Crippen LogP contribution in [0, 0.1) is 0 Å². The fourth-order valence-electron chi connectivity index (χ4n) is 1.40. The molecule has 14 heavy (non-hydrogen) atoms. The molecule has 1 saturated heterocycles. The molecule has 0 radical (unpaired) electrons. The van der Waals surface area contributed by atoms with Crippen LogP contribution < -0.4 is 0 Å². The highest BCUT2D eigenvalue weighted by Crippen LogP contribution is 2.16. The number of unbranched alkanes of at least 4 members (excludes halogenated alkanes) is 1. The SMILES string of the molecule is C=C(CCCC)OC(=O)C1CCCO1. The van der Waals surface area contributed by atoms with Gasteiger partial charge in [-0.05, 0) is 19.3 Å². The highest BCUT2D eigenvalue weighted by molar-refractivity contribution is 5.75. The fourth-order valence-corrected chi connectivity index (χ4v) is 1.40. The molecule has 3 heteroatoms. The van der Waals surface area contributed by atoms with Crippen LogP contribution in [0.25, 0.3) is 0 Å². The average Bonchev–Trinajstić information content (AvgIpc) is 2.67. The minimum atomic E-state index is -0.353. The van der Waals surface area contributed by atoms with Crippen LogP contribution in [0.2, 0.25) is 0 Å². The van der Waals surface area contributed by atoms with E-state index in [4.69, 9.17) is 9.47 Å². The second-order valence-electron chi connectivity index (χ2n) is 3.56. The molecule has 1 aliphatic heterocycles. The molecule has 0 spiro atoms. The molecule has 3 nitrogen and oxygen atoms in total. The van der Waals surface area contributed by atoms with Gasteiger partial charge in [0.25, 0.3) is 0 Å². The Morgan fingerprint density at radius 1 is 1.64 bits per heavy atom. The van der Waals surface area contributed by atoms with E-state index in [1.807, 2.05) is 0 Å². The Morgan fingerprint density at radius 3 is 3.00 bits per heavy atom. The minimum absolute atomic E-state index is 0.274. The van der Waals surface area contributed by atoms with E-state index in [9.17, 15) is 4.79 Å². The molecule has 0 amide bonds. The van der Waals surface area contributed by atoms with Crippen LogP contribution >= 0.6 is 0 Å². The fraction of sp³-hybridized carbons (Fsp3) is 0.727. The normalized spacial score (nSPS) is 20.8. The smallest absolute Gasteiger partial charge is 0.340 e. The first kappa shape index (κ1) is 11.2. The predicted molar refractivity (Wildman–Crippen MR) is 53.7 cm³/mol. The van der Waals surface area contributed by atoms with Crippen LogP contribution in [-0.4, -0.2) is 18.7 Å². The Morgan fingerprint density at radius 2 is 2.43 bits per heavy atom. The minimum Gasteiger partial charge on any atom is -0.430 e. The molecule has 1 atom stereocenters. The molecular weight excluding hydrogens is 180 g/mol. The van der Waals surface area contributed by atoms with Gasteiger partial charge in [-0.25, -0.2) is 4.79 Å². The molecule has 1 rings (SSSR count). The molecule has 1 heterocycles. The van der Waals surface area contributed by atoms with Gasteiger partial charge in [-0.2, -0.15) is 0 Å². The van der Waals surface area contributed by atoms with Crippen molar-refractivity contribution in [1.82, 2.24) is 0 Å². The van der Waals surface area contributed by atoms with E-state index in [1.165, 1.54) is 0 Å². The van der Waals surface area contributed by atoms with Gasteiger partial charge in [0.05, 0.1) is 0 Å². The first-order valence-corrected chi connectivity index (χ1v) is 5.25. The molecule has 0 aromatic rings. The summed E-state index contributed by atoms with van der Waals surface area (Å²) in [6, 6.07) is 0. The van der Waals surface area contributed by atoms with Crippen LogP contribution in [0.15, 0.2) is 12.3 Å². The Kier molecular flexibility index (Phi) is 4.66. The van der Waals surface area contributed by atoms with Gasteiger partial charge in [-0.1, -0.05) is 19.9 Å². The number of ether oxygens (including phenoxy) is 2. The van der Waals surface area contributed by atoms with Crippen LogP contribution in [0.1, 0.15) is 39.0 Å². The maximum absolute atomic E-state index is 11.4. The lowest BCUT2D eigenvalue weighted by atomic mass is 10.2. The molecule has 0 bridgehead atoms. The van der Waals surface area contributed by atoms with Crippen molar-refractivity contribution in [3.8, 4) is 0 Å². The average molecular weight is 198 g/mol. The lowest BCUT2D eigenvalue weighted by Crippen LogP contribution is -2.21. The molecular formula is C11H18O3. The summed E-state index contributed by atoms with van der Waals surface area (Å²) >= 11 is 0. The van der Waals surface area contributed by atoms with Crippen molar-refractivity contribution in [3.05, 3.63) is 12.3 Å². The molecule has 0 aromatic carbocycles. The monoisotopic (exact) mass is 198 g/mol. The van der Waals surface area contributed by atoms with E-state index in [-0.39, 0.29) is 12.1 Å². The summed E-state index contributed by atoms with van der Waals surface area (Å²) in [6.07, 6.45) is 4.22. The molecule has 1 fully saturated rings. The molecule has 1 aliphatic rings. The molecule has 1 unspecified atom stereocenters. The van der Waals surface area contributed by atoms with E-state index in [0.717, 1.165) is 32.1 Å². The molecule has 0 aromatic heterocycles. The third-order valence-electron chi connectivity index (χ3n) is 2.25. The Balaban J connectivity index is 2.21. The van der Waals surface area contributed by atoms with Crippen LogP contribution in [0.3, 0.4) is 0 Å². The number of hydrogen-bond donors (Lipinski definition) is 0. The summed E-state index contributed by atoms with van der Waals surface area (Å²) in [6.45, 7) is 6.47. The van der Waals surface area contributed by atoms with Crippen molar-refractivity contribution in [2.45, 2.75) is 45.1 Å². The second-order valence-corrected chi connectivity index (χ2v) is 3.56. The second kappa shape index (κ2) is 5.81. The quantitative estimate of drug-likeness (QED) is 0.502. The highest BCUT2D eigenvalue weighted by atomic mass is 16.6. The van der Waals surface area contributed by atoms with Gasteiger partial charge in [0.15, 0.2) is 6.10 Å². The largest absolute Gasteiger partial charge is 0.430 e. The van der Waals surface area contributed by atoms with Crippen molar-refractivity contribution in [2.75, 3.05) is 6.61 Å². The zero-order valence-corrected chi connectivity index (χ0v) is 8.75. The van der Waals surface area contributed by atoms with Crippen LogP contribution in [-0.2, 0) is 14.3 Å². The van der Waals surface area contributed by atoms with Gasteiger partial charge >= 0.3 is 5.97 Å². The zero-order chi connectivity index (χ0) is 10.4. The topological polar surface area (TPSA) is 35.5 Å². The van der Waals surface area contributed by atoms with Crippen molar-refractivity contribution in [3.63, 3.8) is 0 Å². The number of esters is 1. The highest BCUT2D eigenvalue weighted by Gasteiger charge is 2.25. The van der Waals surface area contributed by atoms with Crippen molar-refractivity contribution in [2.24, 2.45) is 0 Å². The maximum Gasteiger partial charge on any atom is 0.340 e. The van der Waals surface area contributed by atoms with Crippen molar-refractivity contribution >= 4 is 5.97 Å². The van der Waals surface area contributed by atoms with E-state index in [1.54, 1.807) is 0 Å². The summed E-state index contributed by atoms with van der Waals surface area (Å²) in [7, 11) is 0. The summed E-state index contributed by atoms with van der Waals surface area (Å²) in [4.78, 5) is 11.4. The standard InChI is InChI=1S/C11H18O3/c1-3-4-6-9(2)14-11(12)10-7-5-8-13-10/h10H,2-8H2,1H3. The summed E-state index contributed by atoms with van der Waals surface area (Å²) in [5.41, 5.74) is 0. The van der Waals surface area contributed by atoms with Gasteiger partial charge in [-0.15, -0.1) is 0 Å². The summed E-state index contributed by atoms with van der Waals surface area (Å²) < 4.78 is 10.3. The maximum atomic E-state index is 11.4. The van der Waals surface area contributed by atoms with Gasteiger partial charge < -0.3 is 9.47 Å². The molecule has 0 aliphatic carbocycles. The van der Waals surface area contributed by atoms with Gasteiger partial charge in [0.1, 0.15) is 5.76 Å². The first-order valence-electron chi connectivity index (χ1n) is 5.25. The Hall–Kier alpha value is -0.830. The summed E-state index contributed by atoms with van der Waals surface area (Å²) in [5.74, 6) is 0.288. The van der Waals surface area contributed by atoms with E-state index in [0.29, 0.717) is 12.4 Å². The number of allylic oxidation sites excluding steroid dienone is 1. The van der Waals surface area contributed by atoms with E-state index in [2.05, 4.69) is 13.5 Å². The van der Waals surface area contributed by atoms with Crippen LogP contribution in [0.5, 0.6) is 0 Å².